The Morgan fingerprint density at radius 2 is 1.70 bits per heavy atom. The molecule has 2 N–H and O–H groups in total. The van der Waals surface area contributed by atoms with E-state index in [-0.39, 0.29) is 11.4 Å². The van der Waals surface area contributed by atoms with Crippen molar-refractivity contribution in [2.75, 3.05) is 18.5 Å². The third-order valence-corrected chi connectivity index (χ3v) is 4.35. The Morgan fingerprint density at radius 3 is 2.39 bits per heavy atom. The maximum absolute atomic E-state index is 12.0. The summed E-state index contributed by atoms with van der Waals surface area (Å²) in [4.78, 5) is 12.1. The van der Waals surface area contributed by atoms with Crippen molar-refractivity contribution in [3.05, 3.63) is 54.6 Å². The van der Waals surface area contributed by atoms with Crippen molar-refractivity contribution in [3.63, 3.8) is 0 Å². The molecular weight excluding hydrogens is 316 g/mol. The van der Waals surface area contributed by atoms with E-state index >= 15 is 0 Å². The first-order chi connectivity index (χ1) is 11.0. The van der Waals surface area contributed by atoms with Crippen molar-refractivity contribution >= 4 is 21.6 Å². The highest BCUT2D eigenvalue weighted by Crippen LogP contribution is 2.23. The minimum absolute atomic E-state index is 0.113. The Kier molecular flexibility index (Phi) is 5.72. The molecule has 2 rings (SSSR count). The van der Waals surface area contributed by atoms with Crippen molar-refractivity contribution in [3.8, 4) is 5.75 Å². The van der Waals surface area contributed by atoms with Crippen molar-refractivity contribution in [2.24, 2.45) is 0 Å². The van der Waals surface area contributed by atoms with Gasteiger partial charge >= 0.3 is 0 Å². The lowest BCUT2D eigenvalue weighted by atomic mass is 10.3. The lowest BCUT2D eigenvalue weighted by Crippen LogP contribution is -2.33. The molecule has 2 aromatic rings. The van der Waals surface area contributed by atoms with Gasteiger partial charge in [-0.25, -0.2) is 13.1 Å². The highest BCUT2D eigenvalue weighted by atomic mass is 32.2. The average molecular weight is 334 g/mol. The summed E-state index contributed by atoms with van der Waals surface area (Å²) in [5.41, 5.74) is 0.498. The molecule has 0 unspecified atom stereocenters. The predicted octanol–water partition coefficient (Wildman–Crippen LogP) is 2.00. The highest BCUT2D eigenvalue weighted by molar-refractivity contribution is 7.89. The molecule has 0 bridgehead atoms. The monoisotopic (exact) mass is 334 g/mol. The first kappa shape index (κ1) is 17.0. The van der Waals surface area contributed by atoms with Crippen LogP contribution >= 0.6 is 0 Å². The van der Waals surface area contributed by atoms with Crippen LogP contribution in [0.4, 0.5) is 5.69 Å². The normalized spacial score (nSPS) is 11.0. The SMILES string of the molecule is CCOc1ccccc1NC(=O)CNS(=O)(=O)c1ccccc1. The van der Waals surface area contributed by atoms with E-state index in [0.717, 1.165) is 0 Å². The summed E-state index contributed by atoms with van der Waals surface area (Å²) < 4.78 is 31.8. The van der Waals surface area contributed by atoms with E-state index in [1.54, 1.807) is 42.5 Å². The molecule has 7 heteroatoms. The van der Waals surface area contributed by atoms with Crippen LogP contribution in [0.5, 0.6) is 5.75 Å². The number of rotatable bonds is 7. The second-order valence-corrected chi connectivity index (χ2v) is 6.38. The van der Waals surface area contributed by atoms with Crippen LogP contribution < -0.4 is 14.8 Å². The summed E-state index contributed by atoms with van der Waals surface area (Å²) in [7, 11) is -3.71. The summed E-state index contributed by atoms with van der Waals surface area (Å²) >= 11 is 0. The number of para-hydroxylation sites is 2. The average Bonchev–Trinajstić information content (AvgIpc) is 2.56. The van der Waals surface area contributed by atoms with E-state index < -0.39 is 15.9 Å². The molecule has 1 amide bonds. The summed E-state index contributed by atoms with van der Waals surface area (Å²) in [6, 6.07) is 14.8. The van der Waals surface area contributed by atoms with Gasteiger partial charge in [0.15, 0.2) is 0 Å². The number of carbonyl (C=O) groups excluding carboxylic acids is 1. The molecular formula is C16H18N2O4S. The lowest BCUT2D eigenvalue weighted by molar-refractivity contribution is -0.115. The summed E-state index contributed by atoms with van der Waals surface area (Å²) in [6.07, 6.45) is 0. The van der Waals surface area contributed by atoms with Crippen LogP contribution in [0.1, 0.15) is 6.92 Å². The topological polar surface area (TPSA) is 84.5 Å². The van der Waals surface area contributed by atoms with Gasteiger partial charge in [0, 0.05) is 0 Å². The van der Waals surface area contributed by atoms with E-state index in [9.17, 15) is 13.2 Å². The Balaban J connectivity index is 1.98. The summed E-state index contributed by atoms with van der Waals surface area (Å²) in [5.74, 6) is 0.0610. The lowest BCUT2D eigenvalue weighted by Gasteiger charge is -2.11. The van der Waals surface area contributed by atoms with Crippen molar-refractivity contribution < 1.29 is 17.9 Å². The van der Waals surface area contributed by atoms with Gasteiger partial charge in [-0.15, -0.1) is 0 Å². The standard InChI is InChI=1S/C16H18N2O4S/c1-2-22-15-11-7-6-10-14(15)18-16(19)12-17-23(20,21)13-8-4-3-5-9-13/h3-11,17H,2,12H2,1H3,(H,18,19). The minimum atomic E-state index is -3.71. The second-order valence-electron chi connectivity index (χ2n) is 4.61. The molecule has 0 aliphatic rings. The van der Waals surface area contributed by atoms with E-state index in [1.807, 2.05) is 6.92 Å². The first-order valence-electron chi connectivity index (χ1n) is 7.09. The van der Waals surface area contributed by atoms with Crippen molar-refractivity contribution in [2.45, 2.75) is 11.8 Å². The smallest absolute Gasteiger partial charge is 0.241 e. The molecule has 0 saturated heterocycles. The Labute approximate surface area is 135 Å². The Morgan fingerprint density at radius 1 is 1.04 bits per heavy atom. The van der Waals surface area contributed by atoms with E-state index in [4.69, 9.17) is 4.74 Å². The van der Waals surface area contributed by atoms with Gasteiger partial charge in [-0.1, -0.05) is 30.3 Å². The van der Waals surface area contributed by atoms with E-state index in [1.165, 1.54) is 12.1 Å². The third kappa shape index (κ3) is 4.80. The molecule has 0 aliphatic carbocycles. The molecule has 0 radical (unpaired) electrons. The van der Waals surface area contributed by atoms with E-state index in [0.29, 0.717) is 18.0 Å². The van der Waals surface area contributed by atoms with Crippen LogP contribution in [-0.2, 0) is 14.8 Å². The number of sulfonamides is 1. The van der Waals surface area contributed by atoms with E-state index in [2.05, 4.69) is 10.0 Å². The zero-order chi connectivity index (χ0) is 16.7. The van der Waals surface area contributed by atoms with Gasteiger partial charge in [-0.2, -0.15) is 0 Å². The highest BCUT2D eigenvalue weighted by Gasteiger charge is 2.15. The molecule has 2 aromatic carbocycles. The third-order valence-electron chi connectivity index (χ3n) is 2.94. The molecule has 23 heavy (non-hydrogen) atoms. The number of hydrogen-bond donors (Lipinski definition) is 2. The molecule has 0 aromatic heterocycles. The van der Waals surface area contributed by atoms with Crippen LogP contribution in [-0.4, -0.2) is 27.5 Å². The van der Waals surface area contributed by atoms with Crippen LogP contribution in [0.3, 0.4) is 0 Å². The molecule has 0 atom stereocenters. The minimum Gasteiger partial charge on any atom is -0.492 e. The molecule has 0 fully saturated rings. The van der Waals surface area contributed by atoms with Gasteiger partial charge in [0.25, 0.3) is 0 Å². The maximum Gasteiger partial charge on any atom is 0.241 e. The van der Waals surface area contributed by atoms with Crippen LogP contribution in [0.25, 0.3) is 0 Å². The number of anilines is 1. The van der Waals surface area contributed by atoms with Crippen molar-refractivity contribution in [1.82, 2.24) is 4.72 Å². The Bertz CT molecular complexity index is 761. The molecule has 122 valence electrons. The van der Waals surface area contributed by atoms with Gasteiger partial charge in [-0.3, -0.25) is 4.79 Å². The summed E-state index contributed by atoms with van der Waals surface area (Å²) in [5, 5.41) is 2.63. The number of nitrogens with one attached hydrogen (secondary N) is 2. The van der Waals surface area contributed by atoms with Gasteiger partial charge in [0.1, 0.15) is 5.75 Å². The first-order valence-corrected chi connectivity index (χ1v) is 8.57. The zero-order valence-corrected chi connectivity index (χ0v) is 13.5. The van der Waals surface area contributed by atoms with Gasteiger partial charge in [-0.05, 0) is 31.2 Å². The number of benzene rings is 2. The van der Waals surface area contributed by atoms with Crippen LogP contribution in [0.15, 0.2) is 59.5 Å². The molecule has 0 spiro atoms. The van der Waals surface area contributed by atoms with Crippen LogP contribution in [0, 0.1) is 0 Å². The predicted molar refractivity (Wildman–Crippen MR) is 87.9 cm³/mol. The largest absolute Gasteiger partial charge is 0.492 e. The molecule has 0 heterocycles. The summed E-state index contributed by atoms with van der Waals surface area (Å²) in [6.45, 7) is 1.94. The van der Waals surface area contributed by atoms with Crippen molar-refractivity contribution in [1.29, 1.82) is 0 Å². The van der Waals surface area contributed by atoms with Gasteiger partial charge in [0.2, 0.25) is 15.9 Å². The fourth-order valence-corrected chi connectivity index (χ4v) is 2.89. The zero-order valence-electron chi connectivity index (χ0n) is 12.7. The van der Waals surface area contributed by atoms with Crippen LogP contribution in [0.2, 0.25) is 0 Å². The number of amides is 1. The second kappa shape index (κ2) is 7.75. The molecule has 6 nitrogen and oxygen atoms in total. The fourth-order valence-electron chi connectivity index (χ4n) is 1.89. The van der Waals surface area contributed by atoms with Gasteiger partial charge in [0.05, 0.1) is 23.7 Å². The molecule has 0 aliphatic heterocycles. The molecule has 0 saturated carbocycles. The number of ether oxygens (including phenoxy) is 1. The fraction of sp³-hybridized carbons (Fsp3) is 0.188. The number of carbonyl (C=O) groups is 1. The quantitative estimate of drug-likeness (QED) is 0.811. The van der Waals surface area contributed by atoms with Gasteiger partial charge < -0.3 is 10.1 Å². The Hall–Kier alpha value is -2.38. The number of hydrogen-bond acceptors (Lipinski definition) is 4. The maximum atomic E-state index is 12.0.